The van der Waals surface area contributed by atoms with Crippen molar-refractivity contribution in [3.63, 3.8) is 0 Å². The minimum Gasteiger partial charge on any atom is -0.493 e. The number of benzene rings is 1. The Morgan fingerprint density at radius 1 is 1.33 bits per heavy atom. The molecule has 1 aromatic carbocycles. The van der Waals surface area contributed by atoms with E-state index in [2.05, 4.69) is 57.4 Å². The molecule has 0 saturated heterocycles. The number of nitrogens with one attached hydrogen (secondary N) is 1. The number of ether oxygens (including phenoxy) is 1. The van der Waals surface area contributed by atoms with Gasteiger partial charge in [-0.2, -0.15) is 0 Å². The van der Waals surface area contributed by atoms with Crippen LogP contribution in [0.5, 0.6) is 5.75 Å². The normalized spacial score (nSPS) is 15.1. The maximum Gasteiger partial charge on any atom is 0.127 e. The van der Waals surface area contributed by atoms with Crippen LogP contribution in [0.25, 0.3) is 0 Å². The van der Waals surface area contributed by atoms with E-state index in [4.69, 9.17) is 4.74 Å². The first-order valence-electron chi connectivity index (χ1n) is 7.39. The molecule has 3 rings (SSSR count). The van der Waals surface area contributed by atoms with Crippen molar-refractivity contribution in [1.29, 1.82) is 0 Å². The number of rotatable bonds is 4. The van der Waals surface area contributed by atoms with Crippen LogP contribution >= 0.6 is 15.9 Å². The highest BCUT2D eigenvalue weighted by Gasteiger charge is 2.22. The monoisotopic (exact) mass is 346 g/mol. The average Bonchev–Trinajstić information content (AvgIpc) is 2.53. The molecule has 110 valence electrons. The van der Waals surface area contributed by atoms with Crippen molar-refractivity contribution in [2.24, 2.45) is 0 Å². The van der Waals surface area contributed by atoms with Crippen LogP contribution in [0, 0.1) is 0 Å². The van der Waals surface area contributed by atoms with Gasteiger partial charge in [0.05, 0.1) is 18.3 Å². The molecule has 1 aliphatic rings. The fraction of sp³-hybridized carbons (Fsp3) is 0.353. The molecule has 2 aromatic rings. The molecule has 0 radical (unpaired) electrons. The standard InChI is InChI=1S/C17H19BrN2O/c1-2-19-16(15-9-8-13(18)11-20-15)14-7-3-5-12-6-4-10-21-17(12)14/h3,5,7-9,11,16,19H,2,4,6,10H2,1H3. The maximum absolute atomic E-state index is 5.95. The second-order valence-electron chi connectivity index (χ2n) is 5.18. The summed E-state index contributed by atoms with van der Waals surface area (Å²) in [5, 5.41) is 3.53. The molecule has 0 spiro atoms. The van der Waals surface area contributed by atoms with E-state index in [1.165, 1.54) is 11.1 Å². The summed E-state index contributed by atoms with van der Waals surface area (Å²) in [6.07, 6.45) is 4.03. The van der Waals surface area contributed by atoms with Crippen molar-refractivity contribution < 1.29 is 4.74 Å². The first kappa shape index (κ1) is 14.5. The lowest BCUT2D eigenvalue weighted by Gasteiger charge is -2.25. The van der Waals surface area contributed by atoms with E-state index < -0.39 is 0 Å². The summed E-state index contributed by atoms with van der Waals surface area (Å²) < 4.78 is 6.94. The minimum atomic E-state index is 0.0659. The smallest absolute Gasteiger partial charge is 0.127 e. The van der Waals surface area contributed by atoms with Crippen molar-refractivity contribution in [3.8, 4) is 5.75 Å². The predicted molar refractivity (Wildman–Crippen MR) is 87.7 cm³/mol. The lowest BCUT2D eigenvalue weighted by atomic mass is 9.96. The van der Waals surface area contributed by atoms with E-state index in [1.807, 2.05) is 12.3 Å². The third kappa shape index (κ3) is 3.11. The number of aromatic nitrogens is 1. The summed E-state index contributed by atoms with van der Waals surface area (Å²) in [6.45, 7) is 3.80. The quantitative estimate of drug-likeness (QED) is 0.912. The average molecular weight is 347 g/mol. The lowest BCUT2D eigenvalue weighted by Crippen LogP contribution is -2.24. The van der Waals surface area contributed by atoms with Crippen molar-refractivity contribution in [1.82, 2.24) is 10.3 Å². The topological polar surface area (TPSA) is 34.2 Å². The van der Waals surface area contributed by atoms with Gasteiger partial charge in [-0.3, -0.25) is 4.98 Å². The van der Waals surface area contributed by atoms with E-state index in [1.54, 1.807) is 0 Å². The molecular formula is C17H19BrN2O. The van der Waals surface area contributed by atoms with Gasteiger partial charge >= 0.3 is 0 Å². The third-order valence-electron chi connectivity index (χ3n) is 3.73. The fourth-order valence-electron chi connectivity index (χ4n) is 2.78. The van der Waals surface area contributed by atoms with Gasteiger partial charge in [-0.25, -0.2) is 0 Å². The largest absolute Gasteiger partial charge is 0.493 e. The van der Waals surface area contributed by atoms with Gasteiger partial charge in [-0.15, -0.1) is 0 Å². The first-order valence-corrected chi connectivity index (χ1v) is 8.18. The highest BCUT2D eigenvalue weighted by molar-refractivity contribution is 9.10. The summed E-state index contributed by atoms with van der Waals surface area (Å²) >= 11 is 3.44. The van der Waals surface area contributed by atoms with E-state index in [0.717, 1.165) is 41.9 Å². The Balaban J connectivity index is 2.03. The predicted octanol–water partition coefficient (Wildman–Crippen LogP) is 3.87. The minimum absolute atomic E-state index is 0.0659. The molecule has 2 heterocycles. The molecule has 21 heavy (non-hydrogen) atoms. The molecule has 1 aliphatic heterocycles. The molecule has 1 unspecified atom stereocenters. The maximum atomic E-state index is 5.95. The number of hydrogen-bond donors (Lipinski definition) is 1. The second kappa shape index (κ2) is 6.58. The van der Waals surface area contributed by atoms with Gasteiger partial charge in [0.1, 0.15) is 5.75 Å². The van der Waals surface area contributed by atoms with Crippen molar-refractivity contribution in [3.05, 3.63) is 57.8 Å². The van der Waals surface area contributed by atoms with Gasteiger partial charge in [0.15, 0.2) is 0 Å². The number of aryl methyl sites for hydroxylation is 1. The van der Waals surface area contributed by atoms with Crippen LogP contribution in [0.3, 0.4) is 0 Å². The Bertz CT molecular complexity index is 613. The molecule has 0 amide bonds. The van der Waals surface area contributed by atoms with E-state index in [-0.39, 0.29) is 6.04 Å². The molecule has 0 bridgehead atoms. The molecule has 0 aliphatic carbocycles. The summed E-state index contributed by atoms with van der Waals surface area (Å²) in [6, 6.07) is 10.6. The highest BCUT2D eigenvalue weighted by Crippen LogP contribution is 2.35. The molecule has 1 N–H and O–H groups in total. The van der Waals surface area contributed by atoms with Gasteiger partial charge in [0.2, 0.25) is 0 Å². The van der Waals surface area contributed by atoms with E-state index in [9.17, 15) is 0 Å². The van der Waals surface area contributed by atoms with Gasteiger partial charge in [-0.05, 0) is 53.0 Å². The van der Waals surface area contributed by atoms with Crippen molar-refractivity contribution >= 4 is 15.9 Å². The van der Waals surface area contributed by atoms with Crippen LogP contribution in [0.2, 0.25) is 0 Å². The Labute approximate surface area is 133 Å². The number of hydrogen-bond acceptors (Lipinski definition) is 3. The molecule has 4 heteroatoms. The highest BCUT2D eigenvalue weighted by atomic mass is 79.9. The van der Waals surface area contributed by atoms with Gasteiger partial charge in [0.25, 0.3) is 0 Å². The van der Waals surface area contributed by atoms with Crippen LogP contribution < -0.4 is 10.1 Å². The molecule has 0 saturated carbocycles. The molecule has 1 aromatic heterocycles. The summed E-state index contributed by atoms with van der Waals surface area (Å²) in [5.74, 6) is 1.04. The third-order valence-corrected chi connectivity index (χ3v) is 4.20. The zero-order valence-electron chi connectivity index (χ0n) is 12.1. The van der Waals surface area contributed by atoms with Crippen LogP contribution in [0.15, 0.2) is 41.0 Å². The van der Waals surface area contributed by atoms with Gasteiger partial charge < -0.3 is 10.1 Å². The molecule has 3 nitrogen and oxygen atoms in total. The fourth-order valence-corrected chi connectivity index (χ4v) is 3.01. The first-order chi connectivity index (χ1) is 10.3. The Kier molecular flexibility index (Phi) is 4.56. The Hall–Kier alpha value is -1.39. The SMILES string of the molecule is CCNC(c1ccc(Br)cn1)c1cccc2c1OCCC2. The lowest BCUT2D eigenvalue weighted by molar-refractivity contribution is 0.283. The summed E-state index contributed by atoms with van der Waals surface area (Å²) in [7, 11) is 0. The summed E-state index contributed by atoms with van der Waals surface area (Å²) in [4.78, 5) is 4.56. The zero-order valence-corrected chi connectivity index (χ0v) is 13.7. The second-order valence-corrected chi connectivity index (χ2v) is 6.10. The molecule has 1 atom stereocenters. The van der Waals surface area contributed by atoms with E-state index in [0.29, 0.717) is 0 Å². The van der Waals surface area contributed by atoms with Gasteiger partial charge in [-0.1, -0.05) is 25.1 Å². The van der Waals surface area contributed by atoms with Crippen molar-refractivity contribution in [2.75, 3.05) is 13.2 Å². The number of pyridine rings is 1. The zero-order chi connectivity index (χ0) is 14.7. The molecule has 0 fully saturated rings. The summed E-state index contributed by atoms with van der Waals surface area (Å²) in [5.41, 5.74) is 3.50. The number of nitrogens with zero attached hydrogens (tertiary/aromatic N) is 1. The Morgan fingerprint density at radius 2 is 2.24 bits per heavy atom. The number of para-hydroxylation sites is 1. The van der Waals surface area contributed by atoms with Crippen LogP contribution in [0.1, 0.15) is 36.2 Å². The van der Waals surface area contributed by atoms with Crippen LogP contribution in [-0.2, 0) is 6.42 Å². The van der Waals surface area contributed by atoms with Gasteiger partial charge in [0, 0.05) is 16.2 Å². The van der Waals surface area contributed by atoms with Crippen LogP contribution in [0.4, 0.5) is 0 Å². The van der Waals surface area contributed by atoms with E-state index >= 15 is 0 Å². The Morgan fingerprint density at radius 3 is 3.00 bits per heavy atom. The molecular weight excluding hydrogens is 328 g/mol. The van der Waals surface area contributed by atoms with Crippen LogP contribution in [-0.4, -0.2) is 18.1 Å². The number of fused-ring (bicyclic) bond motifs is 1. The number of halogens is 1. The van der Waals surface area contributed by atoms with Crippen molar-refractivity contribution in [2.45, 2.75) is 25.8 Å².